The number of benzene rings is 3. The molecule has 1 heterocycles. The summed E-state index contributed by atoms with van der Waals surface area (Å²) in [5, 5.41) is 3.31. The summed E-state index contributed by atoms with van der Waals surface area (Å²) < 4.78 is 12.6. The van der Waals surface area contributed by atoms with Crippen molar-refractivity contribution in [2.75, 3.05) is 18.5 Å². The fourth-order valence-electron chi connectivity index (χ4n) is 3.85. The fraction of sp³-hybridized carbons (Fsp3) is 0.207. The average molecular weight is 711 g/mol. The second kappa shape index (κ2) is 13.3. The Morgan fingerprint density at radius 2 is 1.85 bits per heavy atom. The molecule has 0 radical (unpaired) electrons. The second-order valence-corrected chi connectivity index (χ2v) is 11.9. The Bertz CT molecular complexity index is 1530. The van der Waals surface area contributed by atoms with Crippen LogP contribution in [0.5, 0.6) is 11.5 Å². The number of carbonyl (C=O) groups excluding carboxylic acids is 3. The molecule has 3 aromatic rings. The number of hydrogen-bond acceptors (Lipinski definition) is 6. The maximum Gasteiger partial charge on any atom is 0.294 e. The summed E-state index contributed by atoms with van der Waals surface area (Å²) in [5.41, 5.74) is 3.93. The lowest BCUT2D eigenvalue weighted by molar-refractivity contribution is -0.127. The van der Waals surface area contributed by atoms with Crippen LogP contribution in [-0.2, 0) is 16.2 Å². The highest BCUT2D eigenvalue weighted by molar-refractivity contribution is 14.1. The van der Waals surface area contributed by atoms with E-state index in [1.165, 1.54) is 0 Å². The highest BCUT2D eigenvalue weighted by Gasteiger charge is 2.36. The van der Waals surface area contributed by atoms with Crippen LogP contribution in [-0.4, -0.2) is 35.1 Å². The van der Waals surface area contributed by atoms with E-state index in [0.717, 1.165) is 36.9 Å². The molecule has 0 unspecified atom stereocenters. The normalized spacial score (nSPS) is 14.2. The predicted molar refractivity (Wildman–Crippen MR) is 168 cm³/mol. The Morgan fingerprint density at radius 1 is 1.07 bits per heavy atom. The summed E-state index contributed by atoms with van der Waals surface area (Å²) in [4.78, 5) is 39.5. The summed E-state index contributed by atoms with van der Waals surface area (Å²) in [7, 11) is 0. The molecule has 0 bridgehead atoms. The van der Waals surface area contributed by atoms with Gasteiger partial charge in [0, 0.05) is 21.3 Å². The van der Waals surface area contributed by atoms with Gasteiger partial charge in [0.15, 0.2) is 11.5 Å². The summed E-state index contributed by atoms with van der Waals surface area (Å²) in [5.74, 6) is 0.0317. The molecule has 4 rings (SSSR count). The van der Waals surface area contributed by atoms with Gasteiger partial charge in [-0.05, 0) is 108 Å². The Hall–Kier alpha value is -2.73. The SMILES string of the molecule is CCOc1cc(/C=C2/SC(=O)N(CC(=O)Nc3cc(C)ccc3C)C2=O)cc(I)c1OCc1ccc(Cl)cc1Cl. The largest absolute Gasteiger partial charge is 0.490 e. The van der Waals surface area contributed by atoms with Gasteiger partial charge in [0.05, 0.1) is 15.1 Å². The summed E-state index contributed by atoms with van der Waals surface area (Å²) in [6.45, 7) is 5.87. The van der Waals surface area contributed by atoms with Crippen LogP contribution in [0.25, 0.3) is 6.08 Å². The van der Waals surface area contributed by atoms with Gasteiger partial charge in [-0.25, -0.2) is 0 Å². The van der Waals surface area contributed by atoms with Gasteiger partial charge in [0.25, 0.3) is 11.1 Å². The molecule has 3 aromatic carbocycles. The zero-order chi connectivity index (χ0) is 29.0. The molecule has 7 nitrogen and oxygen atoms in total. The first-order valence-corrected chi connectivity index (χ1v) is 14.9. The lowest BCUT2D eigenvalue weighted by Gasteiger charge is -2.15. The summed E-state index contributed by atoms with van der Waals surface area (Å²) >= 11 is 15.2. The van der Waals surface area contributed by atoms with E-state index in [0.29, 0.717) is 39.4 Å². The molecule has 0 aliphatic carbocycles. The van der Waals surface area contributed by atoms with Crippen LogP contribution in [0.1, 0.15) is 29.2 Å². The van der Waals surface area contributed by atoms with Crippen molar-refractivity contribution in [2.24, 2.45) is 0 Å². The number of ether oxygens (including phenoxy) is 2. The van der Waals surface area contributed by atoms with Gasteiger partial charge in [-0.3, -0.25) is 19.3 Å². The monoisotopic (exact) mass is 710 g/mol. The number of thioether (sulfide) groups is 1. The maximum absolute atomic E-state index is 13.1. The maximum atomic E-state index is 13.1. The number of halogens is 3. The summed E-state index contributed by atoms with van der Waals surface area (Å²) in [6.07, 6.45) is 1.61. The molecule has 1 aliphatic rings. The van der Waals surface area contributed by atoms with E-state index in [-0.39, 0.29) is 18.1 Å². The number of nitrogens with one attached hydrogen (secondary N) is 1. The van der Waals surface area contributed by atoms with Crippen molar-refractivity contribution in [1.29, 1.82) is 0 Å². The minimum atomic E-state index is -0.531. The highest BCUT2D eigenvalue weighted by atomic mass is 127. The van der Waals surface area contributed by atoms with E-state index in [1.807, 2.05) is 45.0 Å². The first-order valence-electron chi connectivity index (χ1n) is 12.2. The smallest absolute Gasteiger partial charge is 0.294 e. The van der Waals surface area contributed by atoms with Crippen LogP contribution < -0.4 is 14.8 Å². The van der Waals surface area contributed by atoms with Crippen molar-refractivity contribution in [3.63, 3.8) is 0 Å². The highest BCUT2D eigenvalue weighted by Crippen LogP contribution is 2.38. The van der Waals surface area contributed by atoms with Gasteiger partial charge in [-0.1, -0.05) is 41.4 Å². The molecular formula is C29H25Cl2IN2O5S. The predicted octanol–water partition coefficient (Wildman–Crippen LogP) is 7.87. The van der Waals surface area contributed by atoms with Crippen LogP contribution in [0.15, 0.2) is 53.4 Å². The Kier molecular flexibility index (Phi) is 10.0. The number of amides is 3. The van der Waals surface area contributed by atoms with E-state index in [2.05, 4.69) is 27.9 Å². The van der Waals surface area contributed by atoms with Gasteiger partial charge in [0.1, 0.15) is 13.2 Å². The Labute approximate surface area is 260 Å². The molecule has 1 fully saturated rings. The molecule has 208 valence electrons. The third kappa shape index (κ3) is 7.31. The van der Waals surface area contributed by atoms with Crippen molar-refractivity contribution < 1.29 is 23.9 Å². The molecule has 40 heavy (non-hydrogen) atoms. The van der Waals surface area contributed by atoms with E-state index < -0.39 is 17.1 Å². The van der Waals surface area contributed by atoms with Crippen molar-refractivity contribution in [3.8, 4) is 11.5 Å². The second-order valence-electron chi connectivity index (χ2n) is 8.92. The fourth-order valence-corrected chi connectivity index (χ4v) is 5.94. The van der Waals surface area contributed by atoms with Gasteiger partial charge in [-0.15, -0.1) is 0 Å². The first-order chi connectivity index (χ1) is 19.0. The molecule has 1 aliphatic heterocycles. The van der Waals surface area contributed by atoms with Crippen molar-refractivity contribution in [1.82, 2.24) is 4.90 Å². The molecule has 0 atom stereocenters. The molecule has 1 saturated heterocycles. The summed E-state index contributed by atoms with van der Waals surface area (Å²) in [6, 6.07) is 14.4. The quantitative estimate of drug-likeness (QED) is 0.180. The van der Waals surface area contributed by atoms with Crippen molar-refractivity contribution in [3.05, 3.63) is 89.3 Å². The number of nitrogens with zero attached hydrogens (tertiary/aromatic N) is 1. The lowest BCUT2D eigenvalue weighted by Crippen LogP contribution is -2.36. The Balaban J connectivity index is 1.50. The van der Waals surface area contributed by atoms with Crippen LogP contribution >= 0.6 is 57.6 Å². The van der Waals surface area contributed by atoms with Crippen molar-refractivity contribution in [2.45, 2.75) is 27.4 Å². The van der Waals surface area contributed by atoms with E-state index in [4.69, 9.17) is 32.7 Å². The topological polar surface area (TPSA) is 84.9 Å². The van der Waals surface area contributed by atoms with E-state index in [1.54, 1.807) is 30.3 Å². The molecule has 1 N–H and O–H groups in total. The minimum absolute atomic E-state index is 0.203. The van der Waals surface area contributed by atoms with E-state index >= 15 is 0 Å². The molecule has 3 amide bonds. The van der Waals surface area contributed by atoms with Crippen LogP contribution in [0.2, 0.25) is 10.0 Å². The van der Waals surface area contributed by atoms with Crippen LogP contribution in [0.4, 0.5) is 10.5 Å². The number of imide groups is 1. The van der Waals surface area contributed by atoms with Gasteiger partial charge in [-0.2, -0.15) is 0 Å². The zero-order valence-electron chi connectivity index (χ0n) is 21.8. The van der Waals surface area contributed by atoms with Crippen LogP contribution in [0.3, 0.4) is 0 Å². The standard InChI is InChI=1S/C29H25Cl2IN2O5S/c1-4-38-24-11-18(10-22(32)27(24)39-15-19-7-8-20(30)13-21(19)31)12-25-28(36)34(29(37)40-25)14-26(35)33-23-9-16(2)5-6-17(23)3/h5-13H,4,14-15H2,1-3H3,(H,33,35)/b25-12+. The molecule has 0 saturated carbocycles. The van der Waals surface area contributed by atoms with Crippen molar-refractivity contribution >= 4 is 86.4 Å². The van der Waals surface area contributed by atoms with Gasteiger partial charge >= 0.3 is 0 Å². The third-order valence-electron chi connectivity index (χ3n) is 5.86. The number of anilines is 1. The van der Waals surface area contributed by atoms with Gasteiger partial charge in [0.2, 0.25) is 5.91 Å². The number of rotatable bonds is 9. The third-order valence-corrected chi connectivity index (χ3v) is 8.15. The first kappa shape index (κ1) is 30.2. The average Bonchev–Trinajstić information content (AvgIpc) is 3.14. The number of hydrogen-bond donors (Lipinski definition) is 1. The van der Waals surface area contributed by atoms with Gasteiger partial charge < -0.3 is 14.8 Å². The number of aryl methyl sites for hydroxylation is 2. The molecule has 11 heteroatoms. The van der Waals surface area contributed by atoms with Crippen LogP contribution in [0, 0.1) is 17.4 Å². The van der Waals surface area contributed by atoms with E-state index in [9.17, 15) is 14.4 Å². The minimum Gasteiger partial charge on any atom is -0.490 e. The Morgan fingerprint density at radius 3 is 2.58 bits per heavy atom. The number of carbonyl (C=O) groups is 3. The lowest BCUT2D eigenvalue weighted by atomic mass is 10.1. The molecular weight excluding hydrogens is 686 g/mol. The molecule has 0 aromatic heterocycles. The molecule has 0 spiro atoms. The zero-order valence-corrected chi connectivity index (χ0v) is 26.3.